The molecule has 0 bridgehead atoms. The van der Waals surface area contributed by atoms with Gasteiger partial charge < -0.3 is 16.0 Å². The maximum Gasteiger partial charge on any atom is 0.224 e. The van der Waals surface area contributed by atoms with Gasteiger partial charge in [-0.05, 0) is 39.0 Å². The molecular formula is C15H29N3O2. The van der Waals surface area contributed by atoms with Crippen LogP contribution in [0.4, 0.5) is 0 Å². The monoisotopic (exact) mass is 283 g/mol. The molecular weight excluding hydrogens is 254 g/mol. The standard InChI is InChI=1S/C15H29N3O2/c1-4-18(5-2)14(19)8-9-17-15(20)13-7-6-12(16)10-11(13)3/h11-13H,4-10,16H2,1-3H3,(H,17,20). The number of amides is 2. The lowest BCUT2D eigenvalue weighted by molar-refractivity contribution is -0.131. The first-order valence-electron chi connectivity index (χ1n) is 7.80. The molecule has 0 aromatic carbocycles. The molecule has 2 amide bonds. The van der Waals surface area contributed by atoms with Crippen LogP contribution in [0.25, 0.3) is 0 Å². The lowest BCUT2D eigenvalue weighted by atomic mass is 9.78. The minimum atomic E-state index is 0.0540. The molecule has 5 heteroatoms. The molecule has 0 aromatic heterocycles. The quantitative estimate of drug-likeness (QED) is 0.767. The van der Waals surface area contributed by atoms with E-state index >= 15 is 0 Å². The molecule has 3 unspecified atom stereocenters. The second-order valence-electron chi connectivity index (χ2n) is 5.76. The fourth-order valence-electron chi connectivity index (χ4n) is 2.99. The van der Waals surface area contributed by atoms with E-state index in [0.717, 1.165) is 32.4 Å². The normalized spacial score (nSPS) is 26.1. The van der Waals surface area contributed by atoms with Crippen molar-refractivity contribution in [1.29, 1.82) is 0 Å². The highest BCUT2D eigenvalue weighted by atomic mass is 16.2. The van der Waals surface area contributed by atoms with Crippen LogP contribution in [-0.2, 0) is 9.59 Å². The van der Waals surface area contributed by atoms with E-state index in [9.17, 15) is 9.59 Å². The van der Waals surface area contributed by atoms with E-state index in [0.29, 0.717) is 18.9 Å². The van der Waals surface area contributed by atoms with Crippen molar-refractivity contribution in [1.82, 2.24) is 10.2 Å². The summed E-state index contributed by atoms with van der Waals surface area (Å²) in [6.07, 6.45) is 3.07. The molecule has 1 aliphatic rings. The SMILES string of the molecule is CCN(CC)C(=O)CCNC(=O)C1CCC(N)CC1C. The highest BCUT2D eigenvalue weighted by Crippen LogP contribution is 2.29. The van der Waals surface area contributed by atoms with Crippen LogP contribution in [0.3, 0.4) is 0 Å². The van der Waals surface area contributed by atoms with Gasteiger partial charge in [0, 0.05) is 38.0 Å². The van der Waals surface area contributed by atoms with Gasteiger partial charge in [0.25, 0.3) is 0 Å². The lowest BCUT2D eigenvalue weighted by Crippen LogP contribution is -2.42. The summed E-state index contributed by atoms with van der Waals surface area (Å²) in [7, 11) is 0. The number of nitrogens with zero attached hydrogens (tertiary/aromatic N) is 1. The molecule has 5 nitrogen and oxygen atoms in total. The molecule has 1 fully saturated rings. The van der Waals surface area contributed by atoms with Crippen LogP contribution in [0.5, 0.6) is 0 Å². The maximum atomic E-state index is 12.1. The summed E-state index contributed by atoms with van der Waals surface area (Å²) >= 11 is 0. The van der Waals surface area contributed by atoms with Crippen LogP contribution in [0, 0.1) is 11.8 Å². The number of hydrogen-bond acceptors (Lipinski definition) is 3. The van der Waals surface area contributed by atoms with Crippen molar-refractivity contribution in [2.24, 2.45) is 17.6 Å². The van der Waals surface area contributed by atoms with Crippen LogP contribution in [0.1, 0.15) is 46.5 Å². The third-order valence-electron chi connectivity index (χ3n) is 4.30. The van der Waals surface area contributed by atoms with Gasteiger partial charge in [0.1, 0.15) is 0 Å². The van der Waals surface area contributed by atoms with E-state index in [2.05, 4.69) is 12.2 Å². The predicted octanol–water partition coefficient (Wildman–Crippen LogP) is 1.12. The van der Waals surface area contributed by atoms with Gasteiger partial charge in [-0.2, -0.15) is 0 Å². The fourth-order valence-corrected chi connectivity index (χ4v) is 2.99. The second kappa shape index (κ2) is 8.25. The van der Waals surface area contributed by atoms with Crippen molar-refractivity contribution in [3.05, 3.63) is 0 Å². The summed E-state index contributed by atoms with van der Waals surface area (Å²) in [6.45, 7) is 7.90. The average Bonchev–Trinajstić information content (AvgIpc) is 2.39. The Balaban J connectivity index is 2.31. The van der Waals surface area contributed by atoms with E-state index in [1.807, 2.05) is 13.8 Å². The Kier molecular flexibility index (Phi) is 6.99. The van der Waals surface area contributed by atoms with Crippen LogP contribution < -0.4 is 11.1 Å². The molecule has 3 atom stereocenters. The van der Waals surface area contributed by atoms with Crippen LogP contribution >= 0.6 is 0 Å². The number of hydrogen-bond donors (Lipinski definition) is 2. The smallest absolute Gasteiger partial charge is 0.224 e. The van der Waals surface area contributed by atoms with Gasteiger partial charge in [-0.15, -0.1) is 0 Å². The van der Waals surface area contributed by atoms with Crippen molar-refractivity contribution in [3.63, 3.8) is 0 Å². The largest absolute Gasteiger partial charge is 0.355 e. The van der Waals surface area contributed by atoms with Crippen LogP contribution in [-0.4, -0.2) is 42.4 Å². The third kappa shape index (κ3) is 4.78. The fraction of sp³-hybridized carbons (Fsp3) is 0.867. The Bertz CT molecular complexity index is 329. The first-order chi connectivity index (χ1) is 9.49. The summed E-state index contributed by atoms with van der Waals surface area (Å²) in [5.41, 5.74) is 5.91. The van der Waals surface area contributed by atoms with E-state index in [1.54, 1.807) is 4.90 Å². The molecule has 0 aliphatic heterocycles. The predicted molar refractivity (Wildman–Crippen MR) is 80.0 cm³/mol. The summed E-state index contributed by atoms with van der Waals surface area (Å²) in [6, 6.07) is 0.235. The average molecular weight is 283 g/mol. The number of nitrogens with one attached hydrogen (secondary N) is 1. The summed E-state index contributed by atoms with van der Waals surface area (Å²) < 4.78 is 0. The zero-order chi connectivity index (χ0) is 15.1. The Morgan fingerprint density at radius 3 is 2.45 bits per heavy atom. The minimum absolute atomic E-state index is 0.0540. The number of carbonyl (C=O) groups excluding carboxylic acids is 2. The number of carbonyl (C=O) groups is 2. The molecule has 0 aromatic rings. The van der Waals surface area contributed by atoms with E-state index in [4.69, 9.17) is 5.73 Å². The van der Waals surface area contributed by atoms with Crippen molar-refractivity contribution < 1.29 is 9.59 Å². The lowest BCUT2D eigenvalue weighted by Gasteiger charge is -2.31. The van der Waals surface area contributed by atoms with Crippen molar-refractivity contribution in [3.8, 4) is 0 Å². The van der Waals surface area contributed by atoms with Gasteiger partial charge in [-0.3, -0.25) is 9.59 Å². The van der Waals surface area contributed by atoms with Gasteiger partial charge in [-0.25, -0.2) is 0 Å². The first-order valence-corrected chi connectivity index (χ1v) is 7.80. The van der Waals surface area contributed by atoms with Crippen molar-refractivity contribution in [2.75, 3.05) is 19.6 Å². The molecule has 1 saturated carbocycles. The molecule has 0 heterocycles. The molecule has 0 spiro atoms. The Hall–Kier alpha value is -1.10. The Labute approximate surface area is 122 Å². The Morgan fingerprint density at radius 2 is 1.90 bits per heavy atom. The van der Waals surface area contributed by atoms with Crippen LogP contribution in [0.15, 0.2) is 0 Å². The zero-order valence-electron chi connectivity index (χ0n) is 13.0. The van der Waals surface area contributed by atoms with E-state index in [-0.39, 0.29) is 23.8 Å². The van der Waals surface area contributed by atoms with Gasteiger partial charge in [-0.1, -0.05) is 6.92 Å². The van der Waals surface area contributed by atoms with Gasteiger partial charge in [0.05, 0.1) is 0 Å². The van der Waals surface area contributed by atoms with Gasteiger partial charge in [0.15, 0.2) is 0 Å². The van der Waals surface area contributed by atoms with E-state index < -0.39 is 0 Å². The molecule has 3 N–H and O–H groups in total. The molecule has 0 radical (unpaired) electrons. The maximum absolute atomic E-state index is 12.1. The van der Waals surface area contributed by atoms with Crippen molar-refractivity contribution in [2.45, 2.75) is 52.5 Å². The topological polar surface area (TPSA) is 75.4 Å². The Morgan fingerprint density at radius 1 is 1.25 bits per heavy atom. The highest BCUT2D eigenvalue weighted by Gasteiger charge is 2.30. The number of nitrogens with two attached hydrogens (primary N) is 1. The first kappa shape index (κ1) is 17.0. The molecule has 0 saturated heterocycles. The zero-order valence-corrected chi connectivity index (χ0v) is 13.0. The molecule has 20 heavy (non-hydrogen) atoms. The van der Waals surface area contributed by atoms with Crippen LogP contribution in [0.2, 0.25) is 0 Å². The molecule has 116 valence electrons. The van der Waals surface area contributed by atoms with Gasteiger partial charge >= 0.3 is 0 Å². The molecule has 1 rings (SSSR count). The third-order valence-corrected chi connectivity index (χ3v) is 4.30. The summed E-state index contributed by atoms with van der Waals surface area (Å²) in [5, 5.41) is 2.90. The summed E-state index contributed by atoms with van der Waals surface area (Å²) in [5.74, 6) is 0.571. The second-order valence-corrected chi connectivity index (χ2v) is 5.76. The summed E-state index contributed by atoms with van der Waals surface area (Å²) in [4.78, 5) is 25.7. The van der Waals surface area contributed by atoms with Gasteiger partial charge in [0.2, 0.25) is 11.8 Å². The van der Waals surface area contributed by atoms with Crippen molar-refractivity contribution >= 4 is 11.8 Å². The highest BCUT2D eigenvalue weighted by molar-refractivity contribution is 5.80. The van der Waals surface area contributed by atoms with E-state index in [1.165, 1.54) is 0 Å². The minimum Gasteiger partial charge on any atom is -0.355 e. The molecule has 1 aliphatic carbocycles. The number of rotatable bonds is 6.